The predicted octanol–water partition coefficient (Wildman–Crippen LogP) is 1.10. The zero-order chi connectivity index (χ0) is 15.9. The van der Waals surface area contributed by atoms with E-state index in [1.54, 1.807) is 0 Å². The molecular formula is C17H21ClN2O2. The van der Waals surface area contributed by atoms with Crippen LogP contribution in [0.5, 0.6) is 0 Å². The molecule has 2 unspecified atom stereocenters. The van der Waals surface area contributed by atoms with Gasteiger partial charge in [0.15, 0.2) is 0 Å². The summed E-state index contributed by atoms with van der Waals surface area (Å²) in [6, 6.07) is 4.30. The molecule has 3 N–H and O–H groups in total. The second kappa shape index (κ2) is 5.95. The second-order valence-corrected chi connectivity index (χ2v) is 6.21. The first-order valence-corrected chi connectivity index (χ1v) is 7.98. The monoisotopic (exact) mass is 320 g/mol. The van der Waals surface area contributed by atoms with Gasteiger partial charge in [-0.2, -0.15) is 0 Å². The Morgan fingerprint density at radius 2 is 2.14 bits per heavy atom. The van der Waals surface area contributed by atoms with Crippen molar-refractivity contribution in [2.45, 2.75) is 32.4 Å². The molecule has 0 fully saturated rings. The molecule has 5 heteroatoms. The fraction of sp³-hybridized carbons (Fsp3) is 0.412. The van der Waals surface area contributed by atoms with Gasteiger partial charge in [-0.05, 0) is 37.1 Å². The maximum atomic E-state index is 9.88. The summed E-state index contributed by atoms with van der Waals surface area (Å²) in [5.74, 6) is 0. The van der Waals surface area contributed by atoms with Gasteiger partial charge in [0.05, 0.1) is 23.8 Å². The molecule has 0 bridgehead atoms. The van der Waals surface area contributed by atoms with Crippen LogP contribution in [-0.4, -0.2) is 35.5 Å². The van der Waals surface area contributed by atoms with Crippen LogP contribution in [0.3, 0.4) is 0 Å². The van der Waals surface area contributed by atoms with E-state index in [1.165, 1.54) is 5.57 Å². The number of allylic oxidation sites excluding steroid dienone is 1. The van der Waals surface area contributed by atoms with Gasteiger partial charge in [0, 0.05) is 34.6 Å². The maximum absolute atomic E-state index is 9.88. The van der Waals surface area contributed by atoms with Crippen LogP contribution >= 0.6 is 11.6 Å². The lowest BCUT2D eigenvalue weighted by Crippen LogP contribution is -2.40. The Kier molecular flexibility index (Phi) is 4.17. The van der Waals surface area contributed by atoms with Crippen LogP contribution in [0.15, 0.2) is 24.4 Å². The van der Waals surface area contributed by atoms with E-state index in [0.29, 0.717) is 6.54 Å². The van der Waals surface area contributed by atoms with E-state index in [9.17, 15) is 10.2 Å². The molecule has 0 saturated carbocycles. The number of benzene rings is 1. The molecule has 2 aliphatic rings. The standard InChI is InChI=1S/C17H21ClN2O2/c1-3-14-10(2)16-15(20(14)8-11(22)9-21)5-4-13-17(16)12(18)6-7-19-13/h4-7,11,14,19,21-22H,3,8-9H2,1-2H3. The molecule has 0 aliphatic carbocycles. The molecule has 3 rings (SSSR count). The summed E-state index contributed by atoms with van der Waals surface area (Å²) in [6.45, 7) is 4.44. The molecule has 1 aromatic carbocycles. The van der Waals surface area contributed by atoms with Gasteiger partial charge in [-0.3, -0.25) is 0 Å². The third kappa shape index (κ3) is 2.32. The summed E-state index contributed by atoms with van der Waals surface area (Å²) < 4.78 is 0. The lowest BCUT2D eigenvalue weighted by Gasteiger charge is -2.30. The van der Waals surface area contributed by atoms with Gasteiger partial charge in [-0.1, -0.05) is 18.5 Å². The summed E-state index contributed by atoms with van der Waals surface area (Å²) in [7, 11) is 0. The number of nitrogens with zero attached hydrogens (tertiary/aromatic N) is 1. The molecule has 0 radical (unpaired) electrons. The second-order valence-electron chi connectivity index (χ2n) is 5.80. The highest BCUT2D eigenvalue weighted by atomic mass is 35.5. The Morgan fingerprint density at radius 1 is 1.36 bits per heavy atom. The van der Waals surface area contributed by atoms with Crippen LogP contribution in [0.4, 0.5) is 11.4 Å². The highest BCUT2D eigenvalue weighted by Gasteiger charge is 2.30. The Balaban J connectivity index is 2.23. The van der Waals surface area contributed by atoms with E-state index in [0.717, 1.165) is 33.3 Å². The zero-order valence-corrected chi connectivity index (χ0v) is 13.6. The van der Waals surface area contributed by atoms with Crippen LogP contribution in [0, 0.1) is 0 Å². The number of aliphatic hydroxyl groups is 2. The molecule has 2 aliphatic heterocycles. The van der Waals surface area contributed by atoms with Crippen LogP contribution in [0.25, 0.3) is 10.6 Å². The van der Waals surface area contributed by atoms with E-state index in [-0.39, 0.29) is 12.6 Å². The number of hydrogen-bond donors (Lipinski definition) is 3. The minimum atomic E-state index is -0.749. The van der Waals surface area contributed by atoms with Crippen LogP contribution in [0.2, 0.25) is 0 Å². The van der Waals surface area contributed by atoms with Crippen LogP contribution in [-0.2, 0) is 0 Å². The van der Waals surface area contributed by atoms with Crippen molar-refractivity contribution in [2.75, 3.05) is 23.4 Å². The van der Waals surface area contributed by atoms with Crippen molar-refractivity contribution in [3.8, 4) is 0 Å². The molecular weight excluding hydrogens is 300 g/mol. The molecule has 0 amide bonds. The quantitative estimate of drug-likeness (QED) is 0.777. The minimum absolute atomic E-state index is 0.220. The van der Waals surface area contributed by atoms with Crippen molar-refractivity contribution in [3.63, 3.8) is 0 Å². The smallest absolute Gasteiger partial charge is 0.0945 e. The number of nitrogens with one attached hydrogen (secondary N) is 1. The number of anilines is 2. The van der Waals surface area contributed by atoms with Gasteiger partial charge < -0.3 is 20.4 Å². The zero-order valence-electron chi connectivity index (χ0n) is 12.8. The van der Waals surface area contributed by atoms with Gasteiger partial charge in [-0.25, -0.2) is 0 Å². The molecule has 118 valence electrons. The first kappa shape index (κ1) is 15.4. The molecule has 0 saturated heterocycles. The number of fused-ring (bicyclic) bond motifs is 3. The Labute approximate surface area is 135 Å². The van der Waals surface area contributed by atoms with Crippen molar-refractivity contribution in [1.82, 2.24) is 0 Å². The van der Waals surface area contributed by atoms with Gasteiger partial charge in [0.25, 0.3) is 0 Å². The molecule has 0 spiro atoms. The third-order valence-corrected chi connectivity index (χ3v) is 4.79. The molecule has 2 atom stereocenters. The number of halogens is 1. The van der Waals surface area contributed by atoms with Crippen molar-refractivity contribution < 1.29 is 10.2 Å². The van der Waals surface area contributed by atoms with E-state index in [1.807, 2.05) is 18.3 Å². The fourth-order valence-electron chi connectivity index (χ4n) is 3.49. The number of hydrogen-bond acceptors (Lipinski definition) is 4. The molecule has 22 heavy (non-hydrogen) atoms. The molecule has 1 aromatic rings. The maximum Gasteiger partial charge on any atom is 0.0945 e. The third-order valence-electron chi connectivity index (χ3n) is 4.48. The predicted molar refractivity (Wildman–Crippen MR) is 91.3 cm³/mol. The van der Waals surface area contributed by atoms with Gasteiger partial charge in [-0.15, -0.1) is 0 Å². The highest BCUT2D eigenvalue weighted by Crippen LogP contribution is 2.28. The molecule has 4 nitrogen and oxygen atoms in total. The normalized spacial score (nSPS) is 20.8. The SMILES string of the molecule is CCC1C(C)=c2c(ccc3c2=C(Cl)C=CN3)N1CC(O)CO. The first-order valence-electron chi connectivity index (χ1n) is 7.60. The van der Waals surface area contributed by atoms with E-state index in [2.05, 4.69) is 30.1 Å². The van der Waals surface area contributed by atoms with Crippen LogP contribution < -0.4 is 20.7 Å². The summed E-state index contributed by atoms with van der Waals surface area (Å²) in [5, 5.41) is 25.2. The van der Waals surface area contributed by atoms with Crippen LogP contribution in [0.1, 0.15) is 20.3 Å². The Bertz CT molecular complexity index is 742. The van der Waals surface area contributed by atoms with Gasteiger partial charge in [0.2, 0.25) is 0 Å². The van der Waals surface area contributed by atoms with Crippen molar-refractivity contribution in [2.24, 2.45) is 0 Å². The minimum Gasteiger partial charge on any atom is -0.394 e. The molecule has 2 heterocycles. The van der Waals surface area contributed by atoms with Gasteiger partial charge in [0.1, 0.15) is 0 Å². The summed E-state index contributed by atoms with van der Waals surface area (Å²) in [6.07, 6.45) is 3.89. The molecule has 0 aromatic heterocycles. The summed E-state index contributed by atoms with van der Waals surface area (Å²) in [4.78, 5) is 2.17. The van der Waals surface area contributed by atoms with Crippen molar-refractivity contribution >= 4 is 33.6 Å². The fourth-order valence-corrected chi connectivity index (χ4v) is 3.75. The first-order chi connectivity index (χ1) is 10.6. The van der Waals surface area contributed by atoms with E-state index in [4.69, 9.17) is 11.6 Å². The van der Waals surface area contributed by atoms with E-state index >= 15 is 0 Å². The van der Waals surface area contributed by atoms with Gasteiger partial charge >= 0.3 is 0 Å². The van der Waals surface area contributed by atoms with Crippen molar-refractivity contribution in [3.05, 3.63) is 34.8 Å². The Morgan fingerprint density at radius 3 is 2.82 bits per heavy atom. The summed E-state index contributed by atoms with van der Waals surface area (Å²) >= 11 is 6.44. The number of aliphatic hydroxyl groups excluding tert-OH is 2. The largest absolute Gasteiger partial charge is 0.394 e. The average Bonchev–Trinajstić information content (AvgIpc) is 2.79. The lowest BCUT2D eigenvalue weighted by molar-refractivity contribution is 0.0992. The number of rotatable bonds is 4. The lowest BCUT2D eigenvalue weighted by atomic mass is 10.0. The summed E-state index contributed by atoms with van der Waals surface area (Å²) in [5.41, 5.74) is 3.34. The van der Waals surface area contributed by atoms with E-state index < -0.39 is 6.10 Å². The van der Waals surface area contributed by atoms with Crippen molar-refractivity contribution in [1.29, 1.82) is 0 Å². The Hall–Kier alpha value is -1.49. The topological polar surface area (TPSA) is 55.7 Å². The number of β-amino-alcohol motifs (C(OH)–C–C–N with tert-alkyl or cyclic N) is 1. The average molecular weight is 321 g/mol. The highest BCUT2D eigenvalue weighted by molar-refractivity contribution is 6.47.